The van der Waals surface area contributed by atoms with Gasteiger partial charge in [-0.1, -0.05) is 0 Å². The van der Waals surface area contributed by atoms with Gasteiger partial charge in [0.25, 0.3) is 0 Å². The number of carbonyl (C=O) groups excluding carboxylic acids is 2. The van der Waals surface area contributed by atoms with E-state index in [9.17, 15) is 9.59 Å². The van der Waals surface area contributed by atoms with Gasteiger partial charge in [0, 0.05) is 12.5 Å². The molecule has 5 heteroatoms. The smallest absolute Gasteiger partial charge is 0.312 e. The molecule has 1 saturated carbocycles. The van der Waals surface area contributed by atoms with Crippen LogP contribution in [0.5, 0.6) is 0 Å². The highest BCUT2D eigenvalue weighted by molar-refractivity contribution is 5.74. The van der Waals surface area contributed by atoms with Crippen LogP contribution in [0.4, 0.5) is 4.79 Å². The lowest BCUT2D eigenvalue weighted by molar-refractivity contribution is -0.119. The molecule has 0 aliphatic heterocycles. The lowest BCUT2D eigenvalue weighted by Crippen LogP contribution is -2.41. The first-order valence-electron chi connectivity index (χ1n) is 4.92. The van der Waals surface area contributed by atoms with E-state index in [0.717, 1.165) is 25.7 Å². The minimum Gasteiger partial charge on any atom is -0.370 e. The van der Waals surface area contributed by atoms with Crippen LogP contribution >= 0.6 is 0 Å². The Balaban J connectivity index is 2.24. The van der Waals surface area contributed by atoms with E-state index in [1.807, 2.05) is 0 Å². The molecule has 5 nitrogen and oxygen atoms in total. The van der Waals surface area contributed by atoms with Crippen molar-refractivity contribution in [3.8, 4) is 0 Å². The minimum atomic E-state index is -0.469. The number of primary amides is 2. The molecule has 0 radical (unpaired) electrons. The zero-order valence-corrected chi connectivity index (χ0v) is 8.16. The number of nitrogens with two attached hydrogens (primary N) is 2. The van der Waals surface area contributed by atoms with Gasteiger partial charge in [0.2, 0.25) is 5.91 Å². The van der Waals surface area contributed by atoms with Crippen molar-refractivity contribution in [3.63, 3.8) is 0 Å². The van der Waals surface area contributed by atoms with Crippen LogP contribution in [-0.4, -0.2) is 18.0 Å². The monoisotopic (exact) mass is 199 g/mol. The molecule has 1 aliphatic rings. The van der Waals surface area contributed by atoms with Gasteiger partial charge in [0.1, 0.15) is 0 Å². The Morgan fingerprint density at radius 1 is 1.14 bits per heavy atom. The minimum absolute atomic E-state index is 0.177. The molecule has 1 aliphatic carbocycles. The number of amides is 3. The maximum absolute atomic E-state index is 10.7. The highest BCUT2D eigenvalue weighted by atomic mass is 16.2. The van der Waals surface area contributed by atoms with Gasteiger partial charge in [0.15, 0.2) is 0 Å². The maximum Gasteiger partial charge on any atom is 0.312 e. The number of urea groups is 1. The molecule has 0 aromatic carbocycles. The molecule has 3 amide bonds. The van der Waals surface area contributed by atoms with Crippen molar-refractivity contribution >= 4 is 11.9 Å². The summed E-state index contributed by atoms with van der Waals surface area (Å²) in [6.45, 7) is 0. The molecule has 1 fully saturated rings. The van der Waals surface area contributed by atoms with Gasteiger partial charge in [-0.25, -0.2) is 4.79 Å². The predicted octanol–water partition coefficient (Wildman–Crippen LogP) is 0.0889. The van der Waals surface area contributed by atoms with E-state index in [-0.39, 0.29) is 11.9 Å². The molecule has 0 heterocycles. The zero-order chi connectivity index (χ0) is 10.6. The van der Waals surface area contributed by atoms with Crippen LogP contribution in [0.3, 0.4) is 0 Å². The summed E-state index contributed by atoms with van der Waals surface area (Å²) in [4.78, 5) is 21.2. The van der Waals surface area contributed by atoms with Crippen LogP contribution in [0.2, 0.25) is 0 Å². The number of nitrogens with one attached hydrogen (secondary N) is 1. The summed E-state index contributed by atoms with van der Waals surface area (Å²) in [6.07, 6.45) is 4.12. The van der Waals surface area contributed by atoms with Crippen LogP contribution in [0.25, 0.3) is 0 Å². The standard InChI is InChI=1S/C9H17N3O2/c10-8(13)5-6-1-3-7(4-2-6)12-9(11)14/h6-7H,1-5H2,(H2,10,13)(H3,11,12,14). The summed E-state index contributed by atoms with van der Waals surface area (Å²) >= 11 is 0. The second-order valence-electron chi connectivity index (χ2n) is 3.90. The third-order valence-electron chi connectivity index (χ3n) is 2.68. The average molecular weight is 199 g/mol. The highest BCUT2D eigenvalue weighted by Crippen LogP contribution is 2.26. The molecule has 1 rings (SSSR count). The largest absolute Gasteiger partial charge is 0.370 e. The van der Waals surface area contributed by atoms with E-state index >= 15 is 0 Å². The van der Waals surface area contributed by atoms with Gasteiger partial charge < -0.3 is 16.8 Å². The predicted molar refractivity (Wildman–Crippen MR) is 52.3 cm³/mol. The van der Waals surface area contributed by atoms with E-state index in [2.05, 4.69) is 5.32 Å². The van der Waals surface area contributed by atoms with Crippen LogP contribution in [0.15, 0.2) is 0 Å². The van der Waals surface area contributed by atoms with E-state index in [0.29, 0.717) is 12.3 Å². The lowest BCUT2D eigenvalue weighted by atomic mass is 9.84. The van der Waals surface area contributed by atoms with Crippen molar-refractivity contribution in [1.29, 1.82) is 0 Å². The number of carbonyl (C=O) groups is 2. The molecular formula is C9H17N3O2. The Labute approximate surface area is 83.2 Å². The first-order chi connectivity index (χ1) is 6.58. The van der Waals surface area contributed by atoms with Crippen LogP contribution < -0.4 is 16.8 Å². The van der Waals surface area contributed by atoms with Crippen molar-refractivity contribution in [2.45, 2.75) is 38.1 Å². The highest BCUT2D eigenvalue weighted by Gasteiger charge is 2.22. The lowest BCUT2D eigenvalue weighted by Gasteiger charge is -2.27. The van der Waals surface area contributed by atoms with Gasteiger partial charge in [-0.05, 0) is 31.6 Å². The fourth-order valence-corrected chi connectivity index (χ4v) is 2.00. The third kappa shape index (κ3) is 3.64. The molecule has 80 valence electrons. The molecule has 0 aromatic heterocycles. The number of hydrogen-bond acceptors (Lipinski definition) is 2. The fourth-order valence-electron chi connectivity index (χ4n) is 2.00. The molecule has 14 heavy (non-hydrogen) atoms. The quantitative estimate of drug-likeness (QED) is 0.600. The van der Waals surface area contributed by atoms with Crippen LogP contribution in [0, 0.1) is 5.92 Å². The number of rotatable bonds is 3. The fraction of sp³-hybridized carbons (Fsp3) is 0.778. The topological polar surface area (TPSA) is 98.2 Å². The van der Waals surface area contributed by atoms with Gasteiger partial charge in [-0.15, -0.1) is 0 Å². The molecule has 0 aromatic rings. The summed E-state index contributed by atoms with van der Waals surface area (Å²) in [7, 11) is 0. The van der Waals surface area contributed by atoms with Crippen molar-refractivity contribution in [1.82, 2.24) is 5.32 Å². The average Bonchev–Trinajstić information content (AvgIpc) is 2.06. The SMILES string of the molecule is NC(=O)CC1CCC(NC(N)=O)CC1. The zero-order valence-electron chi connectivity index (χ0n) is 8.16. The van der Waals surface area contributed by atoms with Crippen LogP contribution in [0.1, 0.15) is 32.1 Å². The van der Waals surface area contributed by atoms with E-state index in [1.165, 1.54) is 0 Å². The normalized spacial score (nSPS) is 26.9. The third-order valence-corrected chi connectivity index (χ3v) is 2.68. The van der Waals surface area contributed by atoms with E-state index < -0.39 is 6.03 Å². The summed E-state index contributed by atoms with van der Waals surface area (Å²) in [5, 5.41) is 2.68. The summed E-state index contributed by atoms with van der Waals surface area (Å²) in [6, 6.07) is -0.292. The van der Waals surface area contributed by atoms with Gasteiger partial charge in [-0.2, -0.15) is 0 Å². The summed E-state index contributed by atoms with van der Waals surface area (Å²) in [5.74, 6) is 0.148. The summed E-state index contributed by atoms with van der Waals surface area (Å²) < 4.78 is 0. The molecule has 0 atom stereocenters. The van der Waals surface area contributed by atoms with Crippen molar-refractivity contribution in [3.05, 3.63) is 0 Å². The van der Waals surface area contributed by atoms with Crippen molar-refractivity contribution in [2.24, 2.45) is 17.4 Å². The Hall–Kier alpha value is -1.26. The Morgan fingerprint density at radius 3 is 2.14 bits per heavy atom. The van der Waals surface area contributed by atoms with E-state index in [4.69, 9.17) is 11.5 Å². The summed E-state index contributed by atoms with van der Waals surface area (Å²) in [5.41, 5.74) is 10.1. The molecule has 0 bridgehead atoms. The van der Waals surface area contributed by atoms with E-state index in [1.54, 1.807) is 0 Å². The molecule has 5 N–H and O–H groups in total. The Morgan fingerprint density at radius 2 is 1.71 bits per heavy atom. The first-order valence-corrected chi connectivity index (χ1v) is 4.92. The first kappa shape index (κ1) is 10.8. The van der Waals surface area contributed by atoms with Gasteiger partial charge in [-0.3, -0.25) is 4.79 Å². The van der Waals surface area contributed by atoms with Crippen molar-refractivity contribution < 1.29 is 9.59 Å². The second kappa shape index (κ2) is 4.83. The van der Waals surface area contributed by atoms with Crippen LogP contribution in [-0.2, 0) is 4.79 Å². The molecule has 0 saturated heterocycles. The number of hydrogen-bond donors (Lipinski definition) is 3. The Kier molecular flexibility index (Phi) is 3.73. The molecular weight excluding hydrogens is 182 g/mol. The Bertz CT molecular complexity index is 198. The molecule has 0 spiro atoms. The second-order valence-corrected chi connectivity index (χ2v) is 3.90. The van der Waals surface area contributed by atoms with Gasteiger partial charge in [0.05, 0.1) is 0 Å². The maximum atomic E-state index is 10.7. The van der Waals surface area contributed by atoms with Crippen molar-refractivity contribution in [2.75, 3.05) is 0 Å². The van der Waals surface area contributed by atoms with Gasteiger partial charge >= 0.3 is 6.03 Å². The molecule has 0 unspecified atom stereocenters.